The summed E-state index contributed by atoms with van der Waals surface area (Å²) in [4.78, 5) is 0. The van der Waals surface area contributed by atoms with E-state index < -0.39 is 0 Å². The minimum absolute atomic E-state index is 0.240. The summed E-state index contributed by atoms with van der Waals surface area (Å²) in [5, 5.41) is 0. The molecule has 0 aliphatic rings. The molecular formula is C9H18O3. The molecule has 0 aromatic heterocycles. The van der Waals surface area contributed by atoms with Crippen molar-refractivity contribution in [3.05, 3.63) is 12.2 Å². The maximum Gasteiger partial charge on any atom is 0.180 e. The van der Waals surface area contributed by atoms with Crippen molar-refractivity contribution < 1.29 is 14.2 Å². The van der Waals surface area contributed by atoms with E-state index in [2.05, 4.69) is 6.08 Å². The lowest BCUT2D eigenvalue weighted by Gasteiger charge is -2.12. The van der Waals surface area contributed by atoms with Crippen LogP contribution in [0.15, 0.2) is 12.2 Å². The second kappa shape index (κ2) is 8.71. The molecule has 0 fully saturated rings. The number of ether oxygens (including phenoxy) is 3. The standard InChI is InChI=1S/C9H18O3/c1-4-5-6-7-12-8-9(10-2)11-3/h4-5,9H,6-8H2,1-3H3. The predicted octanol–water partition coefficient (Wildman–Crippen LogP) is 1.59. The predicted molar refractivity (Wildman–Crippen MR) is 48.1 cm³/mol. The van der Waals surface area contributed by atoms with Gasteiger partial charge in [0.1, 0.15) is 0 Å². The van der Waals surface area contributed by atoms with Crippen LogP contribution in [-0.4, -0.2) is 33.7 Å². The summed E-state index contributed by atoms with van der Waals surface area (Å²) in [5.41, 5.74) is 0. The first-order chi connectivity index (χ1) is 5.85. The Labute approximate surface area is 74.3 Å². The molecule has 0 heterocycles. The molecule has 0 aromatic carbocycles. The topological polar surface area (TPSA) is 27.7 Å². The molecule has 0 saturated carbocycles. The smallest absolute Gasteiger partial charge is 0.180 e. The van der Waals surface area contributed by atoms with Crippen molar-refractivity contribution in [2.75, 3.05) is 27.4 Å². The van der Waals surface area contributed by atoms with Gasteiger partial charge in [0.2, 0.25) is 0 Å². The minimum Gasteiger partial charge on any atom is -0.376 e. The fourth-order valence-corrected chi connectivity index (χ4v) is 0.730. The summed E-state index contributed by atoms with van der Waals surface area (Å²) in [7, 11) is 3.20. The van der Waals surface area contributed by atoms with E-state index in [0.717, 1.165) is 6.42 Å². The molecule has 0 amide bonds. The van der Waals surface area contributed by atoms with Gasteiger partial charge in [0, 0.05) is 14.2 Å². The van der Waals surface area contributed by atoms with Gasteiger partial charge in [-0.1, -0.05) is 12.2 Å². The average molecular weight is 174 g/mol. The third-order valence-corrected chi connectivity index (χ3v) is 1.44. The van der Waals surface area contributed by atoms with E-state index in [1.165, 1.54) is 0 Å². The van der Waals surface area contributed by atoms with E-state index in [1.54, 1.807) is 14.2 Å². The molecule has 0 unspecified atom stereocenters. The van der Waals surface area contributed by atoms with Crippen LogP contribution in [0.5, 0.6) is 0 Å². The molecule has 12 heavy (non-hydrogen) atoms. The lowest BCUT2D eigenvalue weighted by Crippen LogP contribution is -2.20. The van der Waals surface area contributed by atoms with Crippen LogP contribution in [0.1, 0.15) is 13.3 Å². The highest BCUT2D eigenvalue weighted by atomic mass is 16.7. The van der Waals surface area contributed by atoms with Gasteiger partial charge < -0.3 is 14.2 Å². The first-order valence-corrected chi connectivity index (χ1v) is 4.09. The Bertz CT molecular complexity index is 108. The maximum absolute atomic E-state index is 5.28. The number of methoxy groups -OCH3 is 2. The lowest BCUT2D eigenvalue weighted by molar-refractivity contribution is -0.139. The summed E-state index contributed by atoms with van der Waals surface area (Å²) in [6.45, 7) is 3.20. The Morgan fingerprint density at radius 3 is 2.42 bits per heavy atom. The Balaban J connectivity index is 3.17. The Hall–Kier alpha value is -0.380. The summed E-state index contributed by atoms with van der Waals surface area (Å²) >= 11 is 0. The van der Waals surface area contributed by atoms with E-state index in [-0.39, 0.29) is 6.29 Å². The molecule has 3 nitrogen and oxygen atoms in total. The summed E-state index contributed by atoms with van der Waals surface area (Å²) in [5.74, 6) is 0. The second-order valence-corrected chi connectivity index (χ2v) is 2.33. The first-order valence-electron chi connectivity index (χ1n) is 4.09. The van der Waals surface area contributed by atoms with Crippen molar-refractivity contribution >= 4 is 0 Å². The quantitative estimate of drug-likeness (QED) is 0.333. The van der Waals surface area contributed by atoms with Gasteiger partial charge in [-0.3, -0.25) is 0 Å². The lowest BCUT2D eigenvalue weighted by atomic mass is 10.4. The SMILES string of the molecule is CC=CCCOCC(OC)OC. The van der Waals surface area contributed by atoms with Crippen LogP contribution in [-0.2, 0) is 14.2 Å². The number of allylic oxidation sites excluding steroid dienone is 1. The Morgan fingerprint density at radius 1 is 1.25 bits per heavy atom. The second-order valence-electron chi connectivity index (χ2n) is 2.33. The molecule has 0 aromatic rings. The van der Waals surface area contributed by atoms with Crippen LogP contribution in [0, 0.1) is 0 Å². The Morgan fingerprint density at radius 2 is 1.92 bits per heavy atom. The molecule has 0 N–H and O–H groups in total. The van der Waals surface area contributed by atoms with Crippen molar-refractivity contribution in [1.82, 2.24) is 0 Å². The zero-order valence-corrected chi connectivity index (χ0v) is 8.08. The van der Waals surface area contributed by atoms with E-state index in [9.17, 15) is 0 Å². The fourth-order valence-electron chi connectivity index (χ4n) is 0.730. The van der Waals surface area contributed by atoms with Crippen LogP contribution in [0.2, 0.25) is 0 Å². The largest absolute Gasteiger partial charge is 0.376 e. The van der Waals surface area contributed by atoms with Crippen LogP contribution in [0.3, 0.4) is 0 Å². The zero-order valence-electron chi connectivity index (χ0n) is 8.08. The van der Waals surface area contributed by atoms with Crippen molar-refractivity contribution in [1.29, 1.82) is 0 Å². The van der Waals surface area contributed by atoms with Crippen LogP contribution in [0.4, 0.5) is 0 Å². The van der Waals surface area contributed by atoms with E-state index in [1.807, 2.05) is 13.0 Å². The molecular weight excluding hydrogens is 156 g/mol. The zero-order chi connectivity index (χ0) is 9.23. The van der Waals surface area contributed by atoms with Crippen LogP contribution in [0.25, 0.3) is 0 Å². The molecule has 3 heteroatoms. The summed E-state index contributed by atoms with van der Waals surface area (Å²) in [6.07, 6.45) is 4.77. The van der Waals surface area contributed by atoms with Crippen molar-refractivity contribution in [2.24, 2.45) is 0 Å². The van der Waals surface area contributed by atoms with Gasteiger partial charge in [-0.05, 0) is 13.3 Å². The molecule has 0 aliphatic carbocycles. The molecule has 72 valence electrons. The van der Waals surface area contributed by atoms with Gasteiger partial charge in [0.05, 0.1) is 13.2 Å². The molecule has 0 atom stereocenters. The third-order valence-electron chi connectivity index (χ3n) is 1.44. The molecule has 0 radical (unpaired) electrons. The van der Waals surface area contributed by atoms with Crippen molar-refractivity contribution in [3.8, 4) is 0 Å². The van der Waals surface area contributed by atoms with Crippen molar-refractivity contribution in [2.45, 2.75) is 19.6 Å². The molecule has 0 aliphatic heterocycles. The Kier molecular flexibility index (Phi) is 8.44. The molecule has 0 spiro atoms. The van der Waals surface area contributed by atoms with Gasteiger partial charge in [-0.2, -0.15) is 0 Å². The van der Waals surface area contributed by atoms with Gasteiger partial charge in [-0.25, -0.2) is 0 Å². The highest BCUT2D eigenvalue weighted by Crippen LogP contribution is 1.93. The summed E-state index contributed by atoms with van der Waals surface area (Å²) < 4.78 is 15.2. The normalized spacial score (nSPS) is 11.7. The highest BCUT2D eigenvalue weighted by Gasteiger charge is 2.02. The van der Waals surface area contributed by atoms with Crippen LogP contribution < -0.4 is 0 Å². The first kappa shape index (κ1) is 11.6. The van der Waals surface area contributed by atoms with Crippen LogP contribution >= 0.6 is 0 Å². The van der Waals surface area contributed by atoms with Gasteiger partial charge in [-0.15, -0.1) is 0 Å². The van der Waals surface area contributed by atoms with Crippen molar-refractivity contribution in [3.63, 3.8) is 0 Å². The third kappa shape index (κ3) is 6.34. The summed E-state index contributed by atoms with van der Waals surface area (Å²) in [6, 6.07) is 0. The highest BCUT2D eigenvalue weighted by molar-refractivity contribution is 4.75. The molecule has 0 bridgehead atoms. The minimum atomic E-state index is -0.240. The van der Waals surface area contributed by atoms with Gasteiger partial charge >= 0.3 is 0 Å². The number of hydrogen-bond donors (Lipinski definition) is 0. The van der Waals surface area contributed by atoms with E-state index in [0.29, 0.717) is 13.2 Å². The number of hydrogen-bond acceptors (Lipinski definition) is 3. The molecule has 0 saturated heterocycles. The van der Waals surface area contributed by atoms with E-state index in [4.69, 9.17) is 14.2 Å². The number of rotatable bonds is 7. The maximum atomic E-state index is 5.28. The molecule has 0 rings (SSSR count). The average Bonchev–Trinajstić information content (AvgIpc) is 2.11. The van der Waals surface area contributed by atoms with E-state index >= 15 is 0 Å². The fraction of sp³-hybridized carbons (Fsp3) is 0.778. The van der Waals surface area contributed by atoms with Gasteiger partial charge in [0.25, 0.3) is 0 Å². The monoisotopic (exact) mass is 174 g/mol. The van der Waals surface area contributed by atoms with Gasteiger partial charge in [0.15, 0.2) is 6.29 Å².